The summed E-state index contributed by atoms with van der Waals surface area (Å²) in [6.45, 7) is 4.05. The van der Waals surface area contributed by atoms with Gasteiger partial charge in [-0.2, -0.15) is 0 Å². The third-order valence-corrected chi connectivity index (χ3v) is 4.68. The van der Waals surface area contributed by atoms with Gasteiger partial charge in [0.2, 0.25) is 0 Å². The van der Waals surface area contributed by atoms with E-state index in [9.17, 15) is 0 Å². The Hall–Kier alpha value is -1.39. The summed E-state index contributed by atoms with van der Waals surface area (Å²) in [5.41, 5.74) is 2.53. The topological polar surface area (TPSA) is 28.2 Å². The summed E-state index contributed by atoms with van der Waals surface area (Å²) in [4.78, 5) is 8.39. The molecule has 112 valence electrons. The number of hydrogen-bond acceptors (Lipinski definition) is 4. The first-order chi connectivity index (χ1) is 10.2. The second-order valence-electron chi connectivity index (χ2n) is 5.77. The van der Waals surface area contributed by atoms with Crippen LogP contribution in [0.25, 0.3) is 0 Å². The van der Waals surface area contributed by atoms with Gasteiger partial charge in [0.25, 0.3) is 0 Å². The van der Waals surface area contributed by atoms with Crippen molar-refractivity contribution in [1.29, 1.82) is 0 Å². The Morgan fingerprint density at radius 2 is 2.24 bits per heavy atom. The summed E-state index contributed by atoms with van der Waals surface area (Å²) in [7, 11) is 2.12. The van der Waals surface area contributed by atoms with Crippen LogP contribution in [0.3, 0.4) is 0 Å². The fraction of sp³-hybridized carbons (Fsp3) is 0.471. The molecule has 1 aliphatic rings. The van der Waals surface area contributed by atoms with Gasteiger partial charge in [0.05, 0.1) is 6.54 Å². The lowest BCUT2D eigenvalue weighted by Crippen LogP contribution is -2.19. The quantitative estimate of drug-likeness (QED) is 0.847. The number of hydrogen-bond donors (Lipinski definition) is 1. The number of rotatable bonds is 7. The van der Waals surface area contributed by atoms with E-state index in [4.69, 9.17) is 4.98 Å². The van der Waals surface area contributed by atoms with Crippen molar-refractivity contribution < 1.29 is 0 Å². The van der Waals surface area contributed by atoms with E-state index in [1.807, 2.05) is 0 Å². The van der Waals surface area contributed by atoms with Gasteiger partial charge in [-0.3, -0.25) is 0 Å². The van der Waals surface area contributed by atoms with E-state index in [2.05, 4.69) is 53.8 Å². The van der Waals surface area contributed by atoms with E-state index in [1.165, 1.54) is 29.0 Å². The molecule has 0 atom stereocenters. The molecule has 2 aromatic heterocycles. The molecule has 3 rings (SSSR count). The molecule has 0 unspecified atom stereocenters. The third kappa shape index (κ3) is 4.05. The Bertz CT molecular complexity index is 576. The molecule has 0 radical (unpaired) electrons. The van der Waals surface area contributed by atoms with Crippen LogP contribution in [0, 0.1) is 0 Å². The molecular weight excluding hydrogens is 278 g/mol. The zero-order chi connectivity index (χ0) is 14.7. The average molecular weight is 301 g/mol. The van der Waals surface area contributed by atoms with Crippen molar-refractivity contribution in [1.82, 2.24) is 10.3 Å². The highest BCUT2D eigenvalue weighted by molar-refractivity contribution is 7.09. The molecule has 1 fully saturated rings. The number of nitrogens with zero attached hydrogens (tertiary/aromatic N) is 2. The summed E-state index contributed by atoms with van der Waals surface area (Å²) in [5.74, 6) is 1.08. The van der Waals surface area contributed by atoms with E-state index in [0.717, 1.165) is 31.4 Å². The highest BCUT2D eigenvalue weighted by Gasteiger charge is 2.20. The van der Waals surface area contributed by atoms with Gasteiger partial charge in [0, 0.05) is 30.2 Å². The first-order valence-electron chi connectivity index (χ1n) is 7.71. The molecule has 3 nitrogen and oxygen atoms in total. The van der Waals surface area contributed by atoms with Crippen molar-refractivity contribution in [2.24, 2.45) is 0 Å². The molecular formula is C17H23N3S. The number of aryl methyl sites for hydroxylation is 1. The summed E-state index contributed by atoms with van der Waals surface area (Å²) >= 11 is 1.80. The Morgan fingerprint density at radius 1 is 1.38 bits per heavy atom. The first-order valence-corrected chi connectivity index (χ1v) is 8.59. The molecule has 0 aromatic carbocycles. The van der Waals surface area contributed by atoms with Crippen LogP contribution in [0.1, 0.15) is 35.9 Å². The summed E-state index contributed by atoms with van der Waals surface area (Å²) in [5, 5.41) is 5.72. The molecule has 1 N–H and O–H groups in total. The lowest BCUT2D eigenvalue weighted by molar-refractivity contribution is 0.685. The fourth-order valence-corrected chi connectivity index (χ4v) is 3.14. The maximum atomic E-state index is 4.78. The molecule has 0 aliphatic heterocycles. The second kappa shape index (κ2) is 6.58. The Labute approximate surface area is 131 Å². The van der Waals surface area contributed by atoms with Crippen LogP contribution in [0.2, 0.25) is 0 Å². The molecule has 1 saturated carbocycles. The zero-order valence-corrected chi connectivity index (χ0v) is 13.6. The lowest BCUT2D eigenvalue weighted by Gasteiger charge is -2.19. The van der Waals surface area contributed by atoms with E-state index < -0.39 is 0 Å². The van der Waals surface area contributed by atoms with Crippen molar-refractivity contribution in [3.05, 3.63) is 45.8 Å². The van der Waals surface area contributed by atoms with Crippen LogP contribution < -0.4 is 10.2 Å². The maximum absolute atomic E-state index is 4.78. The molecule has 0 spiro atoms. The van der Waals surface area contributed by atoms with Crippen LogP contribution in [0.5, 0.6) is 0 Å². The van der Waals surface area contributed by atoms with Crippen molar-refractivity contribution in [3.63, 3.8) is 0 Å². The Kier molecular flexibility index (Phi) is 4.56. The summed E-state index contributed by atoms with van der Waals surface area (Å²) in [6, 6.07) is 9.49. The minimum Gasteiger partial charge on any atom is -0.355 e. The highest BCUT2D eigenvalue weighted by Crippen LogP contribution is 2.22. The molecule has 21 heavy (non-hydrogen) atoms. The summed E-state index contributed by atoms with van der Waals surface area (Å²) < 4.78 is 0. The smallest absolute Gasteiger partial charge is 0.129 e. The molecule has 2 heterocycles. The van der Waals surface area contributed by atoms with E-state index in [1.54, 1.807) is 11.3 Å². The van der Waals surface area contributed by atoms with Gasteiger partial charge in [-0.05, 0) is 48.4 Å². The van der Waals surface area contributed by atoms with Crippen molar-refractivity contribution in [2.75, 3.05) is 11.9 Å². The summed E-state index contributed by atoms with van der Waals surface area (Å²) in [6.07, 6.45) is 3.64. The average Bonchev–Trinajstić information content (AvgIpc) is 3.20. The van der Waals surface area contributed by atoms with Crippen molar-refractivity contribution >= 4 is 17.2 Å². The standard InChI is InChI=1S/C17H23N3S/c1-3-14-9-13(11-18-15-6-7-15)10-17(19-14)20(2)12-16-5-4-8-21-16/h4-5,8-10,15,18H,3,6-7,11-12H2,1-2H3. The van der Waals surface area contributed by atoms with Gasteiger partial charge in [-0.15, -0.1) is 11.3 Å². The number of anilines is 1. The monoisotopic (exact) mass is 301 g/mol. The van der Waals surface area contributed by atoms with E-state index >= 15 is 0 Å². The molecule has 0 amide bonds. The largest absolute Gasteiger partial charge is 0.355 e. The fourth-order valence-electron chi connectivity index (χ4n) is 2.38. The van der Waals surface area contributed by atoms with Crippen LogP contribution in [0.4, 0.5) is 5.82 Å². The Morgan fingerprint density at radius 3 is 2.90 bits per heavy atom. The number of thiophene rings is 1. The van der Waals surface area contributed by atoms with Gasteiger partial charge in [0.15, 0.2) is 0 Å². The lowest BCUT2D eigenvalue weighted by atomic mass is 10.2. The molecule has 0 bridgehead atoms. The van der Waals surface area contributed by atoms with Crippen molar-refractivity contribution in [3.8, 4) is 0 Å². The number of pyridine rings is 1. The van der Waals surface area contributed by atoms with E-state index in [-0.39, 0.29) is 0 Å². The maximum Gasteiger partial charge on any atom is 0.129 e. The molecule has 0 saturated heterocycles. The SMILES string of the molecule is CCc1cc(CNC2CC2)cc(N(C)Cc2cccs2)n1. The molecule has 4 heteroatoms. The van der Waals surface area contributed by atoms with Gasteiger partial charge in [-0.1, -0.05) is 13.0 Å². The molecule has 1 aliphatic carbocycles. The highest BCUT2D eigenvalue weighted by atomic mass is 32.1. The number of aromatic nitrogens is 1. The normalized spacial score (nSPS) is 14.4. The predicted octanol–water partition coefficient (Wildman–Crippen LogP) is 3.59. The zero-order valence-electron chi connectivity index (χ0n) is 12.8. The van der Waals surface area contributed by atoms with Crippen LogP contribution in [0.15, 0.2) is 29.6 Å². The second-order valence-corrected chi connectivity index (χ2v) is 6.80. The molecule has 2 aromatic rings. The predicted molar refractivity (Wildman–Crippen MR) is 89.9 cm³/mol. The van der Waals surface area contributed by atoms with Gasteiger partial charge in [-0.25, -0.2) is 4.98 Å². The minimum atomic E-state index is 0.746. The van der Waals surface area contributed by atoms with Gasteiger partial charge < -0.3 is 10.2 Å². The Balaban J connectivity index is 1.73. The van der Waals surface area contributed by atoms with E-state index in [0.29, 0.717) is 0 Å². The minimum absolute atomic E-state index is 0.746. The third-order valence-electron chi connectivity index (χ3n) is 3.82. The van der Waals surface area contributed by atoms with Gasteiger partial charge >= 0.3 is 0 Å². The van der Waals surface area contributed by atoms with Gasteiger partial charge in [0.1, 0.15) is 5.82 Å². The van der Waals surface area contributed by atoms with Crippen LogP contribution in [-0.4, -0.2) is 18.1 Å². The number of nitrogens with one attached hydrogen (secondary N) is 1. The van der Waals surface area contributed by atoms with Crippen molar-refractivity contribution in [2.45, 2.75) is 45.3 Å². The first kappa shape index (κ1) is 14.5. The van der Waals surface area contributed by atoms with Crippen LogP contribution >= 0.6 is 11.3 Å². The van der Waals surface area contributed by atoms with Crippen LogP contribution in [-0.2, 0) is 19.5 Å².